The highest BCUT2D eigenvalue weighted by Gasteiger charge is 2.45. The number of nitrogens with one attached hydrogen (secondary N) is 1. The molecule has 196 valence electrons. The number of urea groups is 1. The Hall–Kier alpha value is -3.50. The molecular formula is C19H13F9N4O3S. The Balaban J connectivity index is 2.12. The van der Waals surface area contributed by atoms with Gasteiger partial charge in [-0.1, -0.05) is 0 Å². The predicted octanol–water partition coefficient (Wildman–Crippen LogP) is 4.95. The first kappa shape index (κ1) is 27.1. The number of carbonyl (C=O) groups excluding carboxylic acids is 1. The van der Waals surface area contributed by atoms with Crippen molar-refractivity contribution in [2.45, 2.75) is 35.9 Å². The van der Waals surface area contributed by atoms with Crippen LogP contribution >= 0.6 is 0 Å². The van der Waals surface area contributed by atoms with E-state index in [0.717, 1.165) is 24.3 Å². The van der Waals surface area contributed by atoms with Crippen LogP contribution < -0.4 is 15.5 Å². The van der Waals surface area contributed by atoms with E-state index in [-0.39, 0.29) is 23.9 Å². The summed E-state index contributed by atoms with van der Waals surface area (Å²) in [5.41, 5.74) is -1.24. The SMILES string of the molecule is NC(=O)NS(=O)(=O)c1ccc(N2N=C(C(F)(F)F)CC2c2cc(C(F)(F)F)cc(C(F)(F)F)c2)cc1. The maximum Gasteiger partial charge on any atom is 0.431 e. The van der Waals surface area contributed by atoms with Crippen molar-refractivity contribution in [3.8, 4) is 0 Å². The molecule has 0 spiro atoms. The lowest BCUT2D eigenvalue weighted by atomic mass is 9.96. The summed E-state index contributed by atoms with van der Waals surface area (Å²) in [6.07, 6.45) is -16.6. The van der Waals surface area contributed by atoms with E-state index < -0.39 is 74.3 Å². The highest BCUT2D eigenvalue weighted by molar-refractivity contribution is 7.90. The molecule has 0 saturated carbocycles. The van der Waals surface area contributed by atoms with Gasteiger partial charge in [-0.15, -0.1) is 0 Å². The molecule has 0 bridgehead atoms. The summed E-state index contributed by atoms with van der Waals surface area (Å²) in [7, 11) is -4.45. The van der Waals surface area contributed by atoms with Gasteiger partial charge in [0.15, 0.2) is 0 Å². The van der Waals surface area contributed by atoms with E-state index in [1.165, 1.54) is 4.72 Å². The van der Waals surface area contributed by atoms with Gasteiger partial charge in [0.2, 0.25) is 0 Å². The van der Waals surface area contributed by atoms with Crippen LogP contribution in [0.4, 0.5) is 50.0 Å². The third kappa shape index (κ3) is 5.83. The second kappa shape index (κ2) is 8.86. The monoisotopic (exact) mass is 548 g/mol. The Morgan fingerprint density at radius 1 is 0.889 bits per heavy atom. The molecule has 3 rings (SSSR count). The number of hydrogen-bond donors (Lipinski definition) is 2. The molecule has 1 aliphatic rings. The fraction of sp³-hybridized carbons (Fsp3) is 0.263. The molecule has 0 aliphatic carbocycles. The van der Waals surface area contributed by atoms with Gasteiger partial charge in [-0.05, 0) is 48.0 Å². The summed E-state index contributed by atoms with van der Waals surface area (Å²) in [4.78, 5) is 10.3. The number of nitrogens with zero attached hydrogens (tertiary/aromatic N) is 2. The van der Waals surface area contributed by atoms with Crippen molar-refractivity contribution in [2.75, 3.05) is 5.01 Å². The predicted molar refractivity (Wildman–Crippen MR) is 106 cm³/mol. The Morgan fingerprint density at radius 3 is 1.81 bits per heavy atom. The number of primary amides is 1. The molecule has 0 radical (unpaired) electrons. The first-order valence-electron chi connectivity index (χ1n) is 9.44. The molecule has 36 heavy (non-hydrogen) atoms. The lowest BCUT2D eigenvalue weighted by Crippen LogP contribution is -2.34. The first-order valence-corrected chi connectivity index (χ1v) is 10.9. The minimum atomic E-state index is -5.24. The molecule has 0 aromatic heterocycles. The molecule has 0 saturated heterocycles. The van der Waals surface area contributed by atoms with Crippen LogP contribution in [0, 0.1) is 0 Å². The zero-order valence-electron chi connectivity index (χ0n) is 17.3. The highest BCUT2D eigenvalue weighted by Crippen LogP contribution is 2.43. The van der Waals surface area contributed by atoms with Gasteiger partial charge >= 0.3 is 24.6 Å². The molecule has 1 aliphatic heterocycles. The number of hydrazone groups is 1. The normalized spacial score (nSPS) is 17.2. The van der Waals surface area contributed by atoms with Crippen LogP contribution in [0.3, 0.4) is 0 Å². The molecule has 0 fully saturated rings. The van der Waals surface area contributed by atoms with Crippen LogP contribution in [0.1, 0.15) is 29.2 Å². The second-order valence-electron chi connectivity index (χ2n) is 7.41. The Bertz CT molecular complexity index is 1270. The number of benzene rings is 2. The largest absolute Gasteiger partial charge is 0.431 e. The number of nitrogens with two attached hydrogens (primary N) is 1. The van der Waals surface area contributed by atoms with E-state index in [2.05, 4.69) is 5.10 Å². The summed E-state index contributed by atoms with van der Waals surface area (Å²) in [6, 6.07) is 0.694. The zero-order valence-corrected chi connectivity index (χ0v) is 18.1. The van der Waals surface area contributed by atoms with E-state index >= 15 is 0 Å². The van der Waals surface area contributed by atoms with E-state index in [0.29, 0.717) is 5.01 Å². The fourth-order valence-corrected chi connectivity index (χ4v) is 4.20. The van der Waals surface area contributed by atoms with Gasteiger partial charge in [0.1, 0.15) is 5.71 Å². The summed E-state index contributed by atoms with van der Waals surface area (Å²) < 4.78 is 145. The molecule has 7 nitrogen and oxygen atoms in total. The Labute approximate surface area is 196 Å². The van der Waals surface area contributed by atoms with Crippen molar-refractivity contribution in [2.24, 2.45) is 10.8 Å². The second-order valence-corrected chi connectivity index (χ2v) is 9.09. The third-order valence-corrected chi connectivity index (χ3v) is 6.24. The van der Waals surface area contributed by atoms with Crippen LogP contribution in [0.25, 0.3) is 0 Å². The summed E-state index contributed by atoms with van der Waals surface area (Å²) in [5.74, 6) is 0. The Kier molecular flexibility index (Phi) is 6.67. The summed E-state index contributed by atoms with van der Waals surface area (Å²) >= 11 is 0. The number of sulfonamides is 1. The fourth-order valence-electron chi connectivity index (χ4n) is 3.32. The average Bonchev–Trinajstić information content (AvgIpc) is 3.17. The minimum absolute atomic E-state index is 0.167. The molecule has 3 N–H and O–H groups in total. The number of halogens is 9. The van der Waals surface area contributed by atoms with Crippen molar-refractivity contribution in [3.63, 3.8) is 0 Å². The number of hydrogen-bond acceptors (Lipinski definition) is 5. The van der Waals surface area contributed by atoms with Crippen molar-refractivity contribution in [3.05, 3.63) is 59.2 Å². The molecular weight excluding hydrogens is 535 g/mol. The number of rotatable bonds is 4. The van der Waals surface area contributed by atoms with E-state index in [4.69, 9.17) is 5.73 Å². The molecule has 1 heterocycles. The average molecular weight is 548 g/mol. The maximum absolute atomic E-state index is 13.4. The standard InChI is InChI=1S/C19H13F9N4O3S/c20-17(21,22)10-5-9(6-11(7-10)18(23,24)25)14-8-15(19(26,27)28)30-32(14)12-1-3-13(4-2-12)36(34,35)31-16(29)33/h1-7,14H,8H2,(H3,29,31,33). The van der Waals surface area contributed by atoms with Gasteiger partial charge in [-0.25, -0.2) is 17.9 Å². The van der Waals surface area contributed by atoms with Crippen molar-refractivity contribution in [1.82, 2.24) is 4.72 Å². The maximum atomic E-state index is 13.4. The number of alkyl halides is 9. The van der Waals surface area contributed by atoms with Gasteiger partial charge < -0.3 is 5.73 Å². The van der Waals surface area contributed by atoms with Gasteiger partial charge in [-0.2, -0.15) is 44.6 Å². The van der Waals surface area contributed by atoms with Crippen LogP contribution in [-0.2, 0) is 22.4 Å². The first-order chi connectivity index (χ1) is 16.3. The zero-order chi connectivity index (χ0) is 27.3. The number of anilines is 1. The van der Waals surface area contributed by atoms with Gasteiger partial charge in [0.25, 0.3) is 10.0 Å². The molecule has 1 unspecified atom stereocenters. The summed E-state index contributed by atoms with van der Waals surface area (Å²) in [5, 5.41) is 3.87. The van der Waals surface area contributed by atoms with E-state index in [1.54, 1.807) is 0 Å². The van der Waals surface area contributed by atoms with Crippen molar-refractivity contribution in [1.29, 1.82) is 0 Å². The van der Waals surface area contributed by atoms with Crippen LogP contribution in [0.15, 0.2) is 52.5 Å². The van der Waals surface area contributed by atoms with E-state index in [9.17, 15) is 52.7 Å². The smallest absolute Gasteiger partial charge is 0.351 e. The molecule has 17 heteroatoms. The number of carbonyl (C=O) groups is 1. The topological polar surface area (TPSA) is 105 Å². The van der Waals surface area contributed by atoms with Crippen LogP contribution in [-0.4, -0.2) is 26.3 Å². The van der Waals surface area contributed by atoms with Crippen LogP contribution in [0.5, 0.6) is 0 Å². The highest BCUT2D eigenvalue weighted by atomic mass is 32.2. The Morgan fingerprint density at radius 2 is 1.39 bits per heavy atom. The van der Waals surface area contributed by atoms with Gasteiger partial charge in [0, 0.05) is 6.42 Å². The minimum Gasteiger partial charge on any atom is -0.351 e. The van der Waals surface area contributed by atoms with Gasteiger partial charge in [-0.3, -0.25) is 5.01 Å². The summed E-state index contributed by atoms with van der Waals surface area (Å²) in [6.45, 7) is 0. The van der Waals surface area contributed by atoms with E-state index in [1.807, 2.05) is 0 Å². The molecule has 2 aromatic rings. The lowest BCUT2D eigenvalue weighted by molar-refractivity contribution is -0.143. The third-order valence-electron chi connectivity index (χ3n) is 4.88. The quantitative estimate of drug-likeness (QED) is 0.528. The lowest BCUT2D eigenvalue weighted by Gasteiger charge is -2.25. The van der Waals surface area contributed by atoms with Crippen molar-refractivity contribution < 1.29 is 52.7 Å². The molecule has 2 amide bonds. The van der Waals surface area contributed by atoms with Crippen molar-refractivity contribution >= 4 is 27.5 Å². The van der Waals surface area contributed by atoms with Crippen LogP contribution in [0.2, 0.25) is 0 Å². The molecule has 2 aromatic carbocycles. The number of amides is 2. The molecule has 1 atom stereocenters. The van der Waals surface area contributed by atoms with Gasteiger partial charge in [0.05, 0.1) is 27.8 Å².